The Hall–Kier alpha value is -2.44. The van der Waals surface area contributed by atoms with Gasteiger partial charge in [0, 0.05) is 25.2 Å². The first kappa shape index (κ1) is 16.4. The Morgan fingerprint density at radius 2 is 2.08 bits per heavy atom. The van der Waals surface area contributed by atoms with E-state index in [-0.39, 0.29) is 0 Å². The summed E-state index contributed by atoms with van der Waals surface area (Å²) in [5.41, 5.74) is 2.36. The van der Waals surface area contributed by atoms with E-state index in [1.54, 1.807) is 36.7 Å². The van der Waals surface area contributed by atoms with Crippen molar-refractivity contribution in [1.82, 2.24) is 19.8 Å². The fraction of sp³-hybridized carbons (Fsp3) is 0.412. The lowest BCUT2D eigenvalue weighted by atomic mass is 10.1. The van der Waals surface area contributed by atoms with E-state index >= 15 is 0 Å². The van der Waals surface area contributed by atoms with Crippen LogP contribution in [0, 0.1) is 0 Å². The van der Waals surface area contributed by atoms with E-state index in [9.17, 15) is 13.6 Å². The maximum Gasteiger partial charge on any atom is 0.318 e. The minimum atomic E-state index is -2.67. The molecule has 2 aromatic rings. The molecule has 1 aromatic heterocycles. The minimum absolute atomic E-state index is 0.346. The number of alkyl halides is 2. The van der Waals surface area contributed by atoms with Crippen LogP contribution < -0.4 is 5.32 Å². The molecule has 0 saturated heterocycles. The SMILES string of the molecule is CCn1cnc2c1CCN(C(=O)NC(c1ccccc1)C(F)F)C2. The van der Waals surface area contributed by atoms with Crippen LogP contribution in [0.1, 0.15) is 29.9 Å². The number of carbonyl (C=O) groups excluding carboxylic acids is 1. The monoisotopic (exact) mass is 334 g/mol. The number of carbonyl (C=O) groups is 1. The lowest BCUT2D eigenvalue weighted by Gasteiger charge is -2.29. The van der Waals surface area contributed by atoms with Crippen LogP contribution in [0.4, 0.5) is 13.6 Å². The summed E-state index contributed by atoms with van der Waals surface area (Å²) in [6.07, 6.45) is -0.227. The van der Waals surface area contributed by atoms with Crippen molar-refractivity contribution in [3.05, 3.63) is 53.6 Å². The van der Waals surface area contributed by atoms with E-state index in [0.29, 0.717) is 25.1 Å². The molecule has 7 heteroatoms. The van der Waals surface area contributed by atoms with Crippen LogP contribution in [0.3, 0.4) is 0 Å². The topological polar surface area (TPSA) is 50.2 Å². The van der Waals surface area contributed by atoms with Crippen molar-refractivity contribution in [3.8, 4) is 0 Å². The molecule has 1 unspecified atom stereocenters. The fourth-order valence-corrected chi connectivity index (χ4v) is 2.99. The Balaban J connectivity index is 1.70. The Morgan fingerprint density at radius 1 is 1.33 bits per heavy atom. The molecule has 24 heavy (non-hydrogen) atoms. The summed E-state index contributed by atoms with van der Waals surface area (Å²) in [7, 11) is 0. The third kappa shape index (κ3) is 3.25. The third-order valence-corrected chi connectivity index (χ3v) is 4.31. The molecule has 0 aliphatic carbocycles. The second-order valence-electron chi connectivity index (χ2n) is 5.77. The average molecular weight is 334 g/mol. The highest BCUT2D eigenvalue weighted by Gasteiger charge is 2.29. The summed E-state index contributed by atoms with van der Waals surface area (Å²) in [6.45, 7) is 3.71. The van der Waals surface area contributed by atoms with Gasteiger partial charge >= 0.3 is 6.03 Å². The summed E-state index contributed by atoms with van der Waals surface area (Å²) in [6, 6.07) is 6.50. The summed E-state index contributed by atoms with van der Waals surface area (Å²) >= 11 is 0. The van der Waals surface area contributed by atoms with E-state index in [4.69, 9.17) is 0 Å². The Kier molecular flexibility index (Phi) is 4.78. The van der Waals surface area contributed by atoms with Crippen molar-refractivity contribution < 1.29 is 13.6 Å². The molecule has 0 spiro atoms. The molecule has 0 radical (unpaired) electrons. The van der Waals surface area contributed by atoms with Crippen molar-refractivity contribution in [2.45, 2.75) is 38.9 Å². The predicted octanol–water partition coefficient (Wildman–Crippen LogP) is 2.98. The number of aryl methyl sites for hydroxylation is 1. The van der Waals surface area contributed by atoms with Crippen LogP contribution in [0.5, 0.6) is 0 Å². The lowest BCUT2D eigenvalue weighted by Crippen LogP contribution is -2.45. The lowest BCUT2D eigenvalue weighted by molar-refractivity contribution is 0.0954. The van der Waals surface area contributed by atoms with Gasteiger partial charge in [0.2, 0.25) is 0 Å². The van der Waals surface area contributed by atoms with Crippen molar-refractivity contribution in [2.75, 3.05) is 6.54 Å². The zero-order valence-corrected chi connectivity index (χ0v) is 13.5. The van der Waals surface area contributed by atoms with Crippen molar-refractivity contribution in [3.63, 3.8) is 0 Å². The molecule has 128 valence electrons. The second-order valence-corrected chi connectivity index (χ2v) is 5.77. The van der Waals surface area contributed by atoms with Crippen LogP contribution in [0.25, 0.3) is 0 Å². The number of nitrogens with one attached hydrogen (secondary N) is 1. The molecule has 1 N–H and O–H groups in total. The molecular formula is C17H20F2N4O. The van der Waals surface area contributed by atoms with Gasteiger partial charge in [-0.2, -0.15) is 0 Å². The molecule has 0 saturated carbocycles. The Bertz CT molecular complexity index is 702. The van der Waals surface area contributed by atoms with E-state index in [1.165, 1.54) is 4.90 Å². The van der Waals surface area contributed by atoms with Crippen LogP contribution in [0.2, 0.25) is 0 Å². The molecule has 2 amide bonds. The van der Waals surface area contributed by atoms with E-state index in [0.717, 1.165) is 17.9 Å². The summed E-state index contributed by atoms with van der Waals surface area (Å²) in [5.74, 6) is 0. The largest absolute Gasteiger partial charge is 0.334 e. The average Bonchev–Trinajstić information content (AvgIpc) is 3.02. The van der Waals surface area contributed by atoms with Crippen LogP contribution in [0.15, 0.2) is 36.7 Å². The minimum Gasteiger partial charge on any atom is -0.334 e. The highest BCUT2D eigenvalue weighted by molar-refractivity contribution is 5.75. The number of hydrogen-bond donors (Lipinski definition) is 1. The quantitative estimate of drug-likeness (QED) is 0.934. The summed E-state index contributed by atoms with van der Waals surface area (Å²) in [4.78, 5) is 18.3. The van der Waals surface area contributed by atoms with Gasteiger partial charge in [0.05, 0.1) is 18.6 Å². The van der Waals surface area contributed by atoms with Gasteiger partial charge in [-0.05, 0) is 12.5 Å². The first-order valence-corrected chi connectivity index (χ1v) is 8.01. The zero-order chi connectivity index (χ0) is 17.1. The van der Waals surface area contributed by atoms with E-state index < -0.39 is 18.5 Å². The van der Waals surface area contributed by atoms with Crippen LogP contribution in [-0.2, 0) is 19.5 Å². The molecule has 1 atom stereocenters. The van der Waals surface area contributed by atoms with Crippen LogP contribution in [-0.4, -0.2) is 33.5 Å². The number of amides is 2. The van der Waals surface area contributed by atoms with Gasteiger partial charge in [0.1, 0.15) is 6.04 Å². The normalized spacial score (nSPS) is 15.2. The predicted molar refractivity (Wildman–Crippen MR) is 85.7 cm³/mol. The van der Waals surface area contributed by atoms with Crippen LogP contribution >= 0.6 is 0 Å². The smallest absolute Gasteiger partial charge is 0.318 e. The summed E-state index contributed by atoms with van der Waals surface area (Å²) in [5, 5.41) is 2.46. The maximum atomic E-state index is 13.4. The number of benzene rings is 1. The summed E-state index contributed by atoms with van der Waals surface area (Å²) < 4.78 is 28.8. The number of aromatic nitrogens is 2. The van der Waals surface area contributed by atoms with Gasteiger partial charge in [-0.25, -0.2) is 18.6 Å². The van der Waals surface area contributed by atoms with Gasteiger partial charge in [0.25, 0.3) is 6.43 Å². The number of hydrogen-bond acceptors (Lipinski definition) is 2. The molecule has 5 nitrogen and oxygen atoms in total. The van der Waals surface area contributed by atoms with Crippen molar-refractivity contribution in [1.29, 1.82) is 0 Å². The molecule has 1 aliphatic rings. The number of nitrogens with zero attached hydrogens (tertiary/aromatic N) is 3. The Morgan fingerprint density at radius 3 is 2.75 bits per heavy atom. The highest BCUT2D eigenvalue weighted by atomic mass is 19.3. The first-order chi connectivity index (χ1) is 11.6. The number of urea groups is 1. The molecular weight excluding hydrogens is 314 g/mol. The van der Waals surface area contributed by atoms with E-state index in [2.05, 4.69) is 14.9 Å². The zero-order valence-electron chi connectivity index (χ0n) is 13.5. The third-order valence-electron chi connectivity index (χ3n) is 4.31. The van der Waals surface area contributed by atoms with Gasteiger partial charge in [-0.1, -0.05) is 30.3 Å². The van der Waals surface area contributed by atoms with Crippen molar-refractivity contribution in [2.24, 2.45) is 0 Å². The van der Waals surface area contributed by atoms with E-state index in [1.807, 2.05) is 6.92 Å². The second kappa shape index (κ2) is 6.98. The van der Waals surface area contributed by atoms with Gasteiger partial charge < -0.3 is 14.8 Å². The molecule has 0 fully saturated rings. The molecule has 2 heterocycles. The van der Waals surface area contributed by atoms with Gasteiger partial charge in [-0.15, -0.1) is 0 Å². The molecule has 3 rings (SSSR count). The number of halogens is 2. The molecule has 0 bridgehead atoms. The Labute approximate surface area is 139 Å². The number of fused-ring (bicyclic) bond motifs is 1. The van der Waals surface area contributed by atoms with Crippen molar-refractivity contribution >= 4 is 6.03 Å². The first-order valence-electron chi connectivity index (χ1n) is 8.01. The highest BCUT2D eigenvalue weighted by Crippen LogP contribution is 2.22. The van der Waals surface area contributed by atoms with Gasteiger partial charge in [-0.3, -0.25) is 0 Å². The fourth-order valence-electron chi connectivity index (χ4n) is 2.99. The standard InChI is InChI=1S/C17H20F2N4O/c1-2-22-11-20-13-10-23(9-8-14(13)22)17(24)21-15(16(18)19)12-6-4-3-5-7-12/h3-7,11,15-16H,2,8-10H2,1H3,(H,21,24). The number of imidazole rings is 1. The maximum absolute atomic E-state index is 13.4. The van der Waals surface area contributed by atoms with Gasteiger partial charge in [0.15, 0.2) is 0 Å². The molecule has 1 aromatic carbocycles. The molecule has 1 aliphatic heterocycles. The number of rotatable bonds is 4.